The number of methoxy groups -OCH3 is 1. The van der Waals surface area contributed by atoms with Crippen LogP contribution in [-0.4, -0.2) is 24.2 Å². The zero-order valence-electron chi connectivity index (χ0n) is 10.6. The number of nitro groups is 1. The molecule has 0 unspecified atom stereocenters. The zero-order chi connectivity index (χ0) is 13.1. The van der Waals surface area contributed by atoms with Crippen LogP contribution in [0.4, 0.5) is 11.4 Å². The van der Waals surface area contributed by atoms with Crippen LogP contribution in [-0.2, 0) is 4.74 Å². The fourth-order valence-corrected chi connectivity index (χ4v) is 1.29. The first kappa shape index (κ1) is 13.4. The number of nitrogens with zero attached hydrogens (tertiary/aromatic N) is 1. The van der Waals surface area contributed by atoms with Crippen LogP contribution in [0.2, 0.25) is 0 Å². The minimum atomic E-state index is -0.397. The number of nitro benzene ring substituents is 1. The Morgan fingerprint density at radius 1 is 1.47 bits per heavy atom. The second-order valence-electron chi connectivity index (χ2n) is 4.57. The molecule has 0 fully saturated rings. The molecular formula is C12H18N2O3. The SMILES string of the molecule is COC(C)(C)CNc1cc([N+](=O)[O-])ccc1C. The highest BCUT2D eigenvalue weighted by molar-refractivity contribution is 5.56. The molecule has 5 heteroatoms. The van der Waals surface area contributed by atoms with Crippen molar-refractivity contribution >= 4 is 11.4 Å². The Morgan fingerprint density at radius 2 is 2.12 bits per heavy atom. The fourth-order valence-electron chi connectivity index (χ4n) is 1.29. The summed E-state index contributed by atoms with van der Waals surface area (Å²) < 4.78 is 5.28. The summed E-state index contributed by atoms with van der Waals surface area (Å²) in [4.78, 5) is 10.3. The lowest BCUT2D eigenvalue weighted by Gasteiger charge is -2.24. The lowest BCUT2D eigenvalue weighted by atomic mass is 10.1. The van der Waals surface area contributed by atoms with Crippen LogP contribution in [0, 0.1) is 17.0 Å². The number of benzene rings is 1. The van der Waals surface area contributed by atoms with Gasteiger partial charge in [0.2, 0.25) is 0 Å². The monoisotopic (exact) mass is 238 g/mol. The topological polar surface area (TPSA) is 64.4 Å². The van der Waals surface area contributed by atoms with Gasteiger partial charge in [-0.05, 0) is 26.3 Å². The van der Waals surface area contributed by atoms with Crippen LogP contribution >= 0.6 is 0 Å². The van der Waals surface area contributed by atoms with Crippen molar-refractivity contribution in [1.29, 1.82) is 0 Å². The van der Waals surface area contributed by atoms with Crippen molar-refractivity contribution in [3.8, 4) is 0 Å². The van der Waals surface area contributed by atoms with E-state index in [0.717, 1.165) is 11.3 Å². The molecule has 0 aliphatic heterocycles. The third-order valence-corrected chi connectivity index (χ3v) is 2.69. The van der Waals surface area contributed by atoms with Crippen LogP contribution in [0.15, 0.2) is 18.2 Å². The number of ether oxygens (including phenoxy) is 1. The molecule has 0 bridgehead atoms. The second kappa shape index (κ2) is 5.14. The maximum atomic E-state index is 10.7. The summed E-state index contributed by atoms with van der Waals surface area (Å²) in [6.45, 7) is 6.40. The van der Waals surface area contributed by atoms with Crippen molar-refractivity contribution in [2.75, 3.05) is 19.0 Å². The van der Waals surface area contributed by atoms with Gasteiger partial charge >= 0.3 is 0 Å². The van der Waals surface area contributed by atoms with Crippen molar-refractivity contribution in [2.45, 2.75) is 26.4 Å². The smallest absolute Gasteiger partial charge is 0.271 e. The van der Waals surface area contributed by atoms with Crippen LogP contribution in [0.3, 0.4) is 0 Å². The summed E-state index contributed by atoms with van der Waals surface area (Å²) >= 11 is 0. The first-order chi connectivity index (χ1) is 7.85. The summed E-state index contributed by atoms with van der Waals surface area (Å²) in [5.74, 6) is 0. The van der Waals surface area contributed by atoms with Gasteiger partial charge in [0, 0.05) is 31.5 Å². The van der Waals surface area contributed by atoms with E-state index in [1.54, 1.807) is 19.2 Å². The molecule has 5 nitrogen and oxygen atoms in total. The molecule has 0 aliphatic rings. The van der Waals surface area contributed by atoms with Gasteiger partial charge in [-0.25, -0.2) is 0 Å². The molecule has 1 aromatic carbocycles. The molecule has 0 amide bonds. The molecule has 1 aromatic rings. The molecule has 0 spiro atoms. The lowest BCUT2D eigenvalue weighted by molar-refractivity contribution is -0.384. The number of anilines is 1. The molecule has 94 valence electrons. The third-order valence-electron chi connectivity index (χ3n) is 2.69. The Bertz CT molecular complexity index is 416. The molecular weight excluding hydrogens is 220 g/mol. The average Bonchev–Trinajstić information content (AvgIpc) is 2.27. The van der Waals surface area contributed by atoms with Gasteiger partial charge in [-0.1, -0.05) is 6.07 Å². The Morgan fingerprint density at radius 3 is 2.65 bits per heavy atom. The largest absolute Gasteiger partial charge is 0.382 e. The summed E-state index contributed by atoms with van der Waals surface area (Å²) in [7, 11) is 1.64. The van der Waals surface area contributed by atoms with Gasteiger partial charge in [0.25, 0.3) is 5.69 Å². The minimum Gasteiger partial charge on any atom is -0.382 e. The van der Waals surface area contributed by atoms with Gasteiger partial charge in [0.15, 0.2) is 0 Å². The zero-order valence-corrected chi connectivity index (χ0v) is 10.6. The highest BCUT2D eigenvalue weighted by atomic mass is 16.6. The summed E-state index contributed by atoms with van der Waals surface area (Å²) in [6.07, 6.45) is 0. The van der Waals surface area contributed by atoms with Crippen LogP contribution < -0.4 is 5.32 Å². The average molecular weight is 238 g/mol. The minimum absolute atomic E-state index is 0.0910. The van der Waals surface area contributed by atoms with Crippen molar-refractivity contribution in [3.05, 3.63) is 33.9 Å². The van der Waals surface area contributed by atoms with Crippen molar-refractivity contribution in [1.82, 2.24) is 0 Å². The standard InChI is InChI=1S/C12H18N2O3/c1-9-5-6-10(14(15)16)7-11(9)13-8-12(2,3)17-4/h5-7,13H,8H2,1-4H3. The quantitative estimate of drug-likeness (QED) is 0.632. The van der Waals surface area contributed by atoms with E-state index in [2.05, 4.69) is 5.32 Å². The lowest BCUT2D eigenvalue weighted by Crippen LogP contribution is -2.32. The summed E-state index contributed by atoms with van der Waals surface area (Å²) in [5.41, 5.74) is 1.53. The maximum Gasteiger partial charge on any atom is 0.271 e. The van der Waals surface area contributed by atoms with E-state index < -0.39 is 4.92 Å². The number of nitrogens with one attached hydrogen (secondary N) is 1. The van der Waals surface area contributed by atoms with Gasteiger partial charge in [-0.15, -0.1) is 0 Å². The second-order valence-corrected chi connectivity index (χ2v) is 4.57. The van der Waals surface area contributed by atoms with Gasteiger partial charge in [-0.3, -0.25) is 10.1 Å². The molecule has 0 atom stereocenters. The number of hydrogen-bond acceptors (Lipinski definition) is 4. The third kappa shape index (κ3) is 3.71. The molecule has 0 radical (unpaired) electrons. The van der Waals surface area contributed by atoms with Crippen molar-refractivity contribution in [3.63, 3.8) is 0 Å². The Labute approximate surface area is 101 Å². The van der Waals surface area contributed by atoms with E-state index in [-0.39, 0.29) is 11.3 Å². The van der Waals surface area contributed by atoms with Gasteiger partial charge < -0.3 is 10.1 Å². The van der Waals surface area contributed by atoms with Gasteiger partial charge in [0.05, 0.1) is 10.5 Å². The van der Waals surface area contributed by atoms with Gasteiger partial charge in [-0.2, -0.15) is 0 Å². The summed E-state index contributed by atoms with van der Waals surface area (Å²) in [5, 5.41) is 13.8. The van der Waals surface area contributed by atoms with Crippen molar-refractivity contribution in [2.24, 2.45) is 0 Å². The van der Waals surface area contributed by atoms with E-state index in [0.29, 0.717) is 6.54 Å². The molecule has 0 heterocycles. The predicted octanol–water partition coefficient (Wildman–Crippen LogP) is 2.74. The highest BCUT2D eigenvalue weighted by Gasteiger charge is 2.17. The highest BCUT2D eigenvalue weighted by Crippen LogP contribution is 2.22. The maximum absolute atomic E-state index is 10.7. The number of hydrogen-bond donors (Lipinski definition) is 1. The van der Waals surface area contributed by atoms with Gasteiger partial charge in [0.1, 0.15) is 0 Å². The fraction of sp³-hybridized carbons (Fsp3) is 0.500. The van der Waals surface area contributed by atoms with E-state index in [4.69, 9.17) is 4.74 Å². The van der Waals surface area contributed by atoms with Crippen LogP contribution in [0.25, 0.3) is 0 Å². The number of non-ortho nitro benzene ring substituents is 1. The Kier molecular flexibility index (Phi) is 4.07. The molecule has 0 saturated carbocycles. The molecule has 0 aromatic heterocycles. The Hall–Kier alpha value is -1.62. The van der Waals surface area contributed by atoms with Crippen LogP contribution in [0.1, 0.15) is 19.4 Å². The van der Waals surface area contributed by atoms with E-state index in [9.17, 15) is 10.1 Å². The first-order valence-corrected chi connectivity index (χ1v) is 5.40. The van der Waals surface area contributed by atoms with E-state index >= 15 is 0 Å². The molecule has 17 heavy (non-hydrogen) atoms. The first-order valence-electron chi connectivity index (χ1n) is 5.40. The predicted molar refractivity (Wildman–Crippen MR) is 67.4 cm³/mol. The van der Waals surface area contributed by atoms with E-state index in [1.807, 2.05) is 20.8 Å². The number of rotatable bonds is 5. The molecule has 1 rings (SSSR count). The summed E-state index contributed by atoms with van der Waals surface area (Å²) in [6, 6.07) is 4.78. The molecule has 0 saturated heterocycles. The normalized spacial score (nSPS) is 11.3. The molecule has 1 N–H and O–H groups in total. The van der Waals surface area contributed by atoms with E-state index in [1.165, 1.54) is 6.07 Å². The van der Waals surface area contributed by atoms with Crippen LogP contribution in [0.5, 0.6) is 0 Å². The number of aryl methyl sites for hydroxylation is 1. The van der Waals surface area contributed by atoms with Crippen molar-refractivity contribution < 1.29 is 9.66 Å². The Balaban J connectivity index is 2.83. The molecule has 0 aliphatic carbocycles.